The van der Waals surface area contributed by atoms with E-state index in [1.807, 2.05) is 0 Å². The van der Waals surface area contributed by atoms with Gasteiger partial charge in [-0.2, -0.15) is 0 Å². The molecule has 4 nitrogen and oxygen atoms in total. The number of hydrogen-bond donors (Lipinski definition) is 1. The lowest BCUT2D eigenvalue weighted by Gasteiger charge is -2.13. The van der Waals surface area contributed by atoms with Gasteiger partial charge in [0, 0.05) is 0 Å². The number of amides is 1. The largest absolute Gasteiger partial charge is 0.467 e. The predicted octanol–water partition coefficient (Wildman–Crippen LogP) is 2.85. The summed E-state index contributed by atoms with van der Waals surface area (Å²) in [4.78, 5) is 23.3. The molecule has 0 aromatic carbocycles. The molecule has 1 aromatic heterocycles. The van der Waals surface area contributed by atoms with Gasteiger partial charge in [-0.1, -0.05) is 0 Å². The molecule has 0 bridgehead atoms. The van der Waals surface area contributed by atoms with E-state index in [1.54, 1.807) is 0 Å². The minimum Gasteiger partial charge on any atom is -0.467 e. The maximum atomic E-state index is 13.7. The number of ether oxygens (including phenoxy) is 1. The van der Waals surface area contributed by atoms with Crippen LogP contribution in [0.25, 0.3) is 0 Å². The van der Waals surface area contributed by atoms with Crippen LogP contribution >= 0.6 is 43.2 Å². The van der Waals surface area contributed by atoms with Crippen LogP contribution in [0.2, 0.25) is 0 Å². The van der Waals surface area contributed by atoms with Crippen molar-refractivity contribution in [3.8, 4) is 0 Å². The fourth-order valence-electron chi connectivity index (χ4n) is 1.49. The molecule has 1 fully saturated rings. The summed E-state index contributed by atoms with van der Waals surface area (Å²) in [5.74, 6) is -1.73. The van der Waals surface area contributed by atoms with E-state index in [1.165, 1.54) is 7.11 Å². The van der Waals surface area contributed by atoms with E-state index >= 15 is 0 Å². The van der Waals surface area contributed by atoms with Crippen LogP contribution in [0, 0.1) is 5.82 Å². The van der Waals surface area contributed by atoms with Gasteiger partial charge < -0.3 is 10.1 Å². The average Bonchev–Trinajstić information content (AvgIpc) is 3.08. The van der Waals surface area contributed by atoms with Gasteiger partial charge in [0.2, 0.25) is 0 Å². The molecule has 0 unspecified atom stereocenters. The summed E-state index contributed by atoms with van der Waals surface area (Å²) in [5, 5.41) is 2.53. The van der Waals surface area contributed by atoms with Gasteiger partial charge in [0.25, 0.3) is 5.91 Å². The SMILES string of the molecule is COC(=O)C1(NC(=O)c2sc(Br)c(Br)c2F)CC1. The van der Waals surface area contributed by atoms with Crippen LogP contribution in [-0.4, -0.2) is 24.5 Å². The van der Waals surface area contributed by atoms with Crippen molar-refractivity contribution in [3.63, 3.8) is 0 Å². The van der Waals surface area contributed by atoms with Crippen LogP contribution in [0.15, 0.2) is 8.26 Å². The van der Waals surface area contributed by atoms with Crippen LogP contribution in [0.3, 0.4) is 0 Å². The first-order chi connectivity index (χ1) is 8.41. The van der Waals surface area contributed by atoms with Gasteiger partial charge in [0.15, 0.2) is 5.82 Å². The summed E-state index contributed by atoms with van der Waals surface area (Å²) in [6.45, 7) is 0. The summed E-state index contributed by atoms with van der Waals surface area (Å²) in [5.41, 5.74) is -0.971. The molecule has 1 heterocycles. The first-order valence-electron chi connectivity index (χ1n) is 4.95. The zero-order chi connectivity index (χ0) is 13.5. The summed E-state index contributed by atoms with van der Waals surface area (Å²) in [7, 11) is 1.26. The van der Waals surface area contributed by atoms with E-state index in [0.717, 1.165) is 11.3 Å². The third kappa shape index (κ3) is 2.33. The lowest BCUT2D eigenvalue weighted by molar-refractivity contribution is -0.144. The molecule has 0 radical (unpaired) electrons. The van der Waals surface area contributed by atoms with Crippen molar-refractivity contribution in [2.45, 2.75) is 18.4 Å². The Labute approximate surface area is 123 Å². The molecular formula is C10H8Br2FNO3S. The van der Waals surface area contributed by atoms with Gasteiger partial charge in [-0.15, -0.1) is 11.3 Å². The molecule has 1 aromatic rings. The van der Waals surface area contributed by atoms with E-state index in [9.17, 15) is 14.0 Å². The Kier molecular flexibility index (Phi) is 3.80. The summed E-state index contributed by atoms with van der Waals surface area (Å²) in [6, 6.07) is 0. The smallest absolute Gasteiger partial charge is 0.331 e. The standard InChI is InChI=1S/C10H8Br2FNO3S/c1-17-9(16)10(2-3-10)14-8(15)6-5(13)4(11)7(12)18-6/h2-3H2,1H3,(H,14,15). The van der Waals surface area contributed by atoms with Gasteiger partial charge in [-0.05, 0) is 44.7 Å². The second kappa shape index (κ2) is 4.90. The molecule has 0 saturated heterocycles. The Morgan fingerprint density at radius 3 is 2.44 bits per heavy atom. The van der Waals surface area contributed by atoms with Crippen LogP contribution in [0.4, 0.5) is 4.39 Å². The molecule has 0 spiro atoms. The van der Waals surface area contributed by atoms with Crippen molar-refractivity contribution in [2.75, 3.05) is 7.11 Å². The van der Waals surface area contributed by atoms with Crippen molar-refractivity contribution >= 4 is 55.1 Å². The number of halogens is 3. The maximum absolute atomic E-state index is 13.7. The van der Waals surface area contributed by atoms with Gasteiger partial charge in [0.1, 0.15) is 10.4 Å². The van der Waals surface area contributed by atoms with E-state index in [4.69, 9.17) is 0 Å². The number of rotatable bonds is 3. The van der Waals surface area contributed by atoms with Gasteiger partial charge in [-0.25, -0.2) is 9.18 Å². The minimum absolute atomic E-state index is 0.0658. The second-order valence-corrected chi connectivity index (χ2v) is 6.99. The highest BCUT2D eigenvalue weighted by Gasteiger charge is 2.52. The zero-order valence-electron chi connectivity index (χ0n) is 9.18. The number of esters is 1. The summed E-state index contributed by atoms with van der Waals surface area (Å²) < 4.78 is 19.0. The zero-order valence-corrected chi connectivity index (χ0v) is 13.2. The molecule has 8 heteroatoms. The monoisotopic (exact) mass is 399 g/mol. The van der Waals surface area contributed by atoms with E-state index in [2.05, 4.69) is 41.9 Å². The number of carbonyl (C=O) groups is 2. The molecule has 1 N–H and O–H groups in total. The average molecular weight is 401 g/mol. The number of methoxy groups -OCH3 is 1. The van der Waals surface area contributed by atoms with Crippen LogP contribution in [0.5, 0.6) is 0 Å². The van der Waals surface area contributed by atoms with Crippen molar-refractivity contribution in [1.82, 2.24) is 5.32 Å². The van der Waals surface area contributed by atoms with E-state index in [0.29, 0.717) is 16.6 Å². The van der Waals surface area contributed by atoms with Crippen molar-refractivity contribution < 1.29 is 18.7 Å². The fourth-order valence-corrected chi connectivity index (χ4v) is 3.41. The normalized spacial score (nSPS) is 16.2. The number of thiophene rings is 1. The Morgan fingerprint density at radius 2 is 2.06 bits per heavy atom. The van der Waals surface area contributed by atoms with Gasteiger partial charge in [0.05, 0.1) is 15.4 Å². The Bertz CT molecular complexity index is 527. The molecular weight excluding hydrogens is 393 g/mol. The predicted molar refractivity (Wildman–Crippen MR) is 71.1 cm³/mol. The molecule has 0 aliphatic heterocycles. The molecule has 18 heavy (non-hydrogen) atoms. The molecule has 2 rings (SSSR count). The third-order valence-corrected chi connectivity index (χ3v) is 6.01. The van der Waals surface area contributed by atoms with Crippen LogP contribution in [-0.2, 0) is 9.53 Å². The molecule has 1 amide bonds. The highest BCUT2D eigenvalue weighted by Crippen LogP contribution is 2.39. The number of nitrogens with one attached hydrogen (secondary N) is 1. The van der Waals surface area contributed by atoms with Crippen molar-refractivity contribution in [2.24, 2.45) is 0 Å². The Morgan fingerprint density at radius 1 is 1.44 bits per heavy atom. The Hall–Kier alpha value is -0.470. The Balaban J connectivity index is 2.18. The number of hydrogen-bond acceptors (Lipinski definition) is 4. The highest BCUT2D eigenvalue weighted by atomic mass is 79.9. The maximum Gasteiger partial charge on any atom is 0.331 e. The summed E-state index contributed by atoms with van der Waals surface area (Å²) in [6.07, 6.45) is 1.03. The quantitative estimate of drug-likeness (QED) is 0.793. The van der Waals surface area contributed by atoms with Gasteiger partial charge >= 0.3 is 5.97 Å². The van der Waals surface area contributed by atoms with E-state index in [-0.39, 0.29) is 9.35 Å². The molecule has 1 aliphatic rings. The van der Waals surface area contributed by atoms with E-state index < -0.39 is 23.2 Å². The first kappa shape index (κ1) is 14.0. The van der Waals surface area contributed by atoms with Crippen molar-refractivity contribution in [3.05, 3.63) is 19.0 Å². The lowest BCUT2D eigenvalue weighted by Crippen LogP contribution is -2.43. The molecule has 1 saturated carbocycles. The molecule has 98 valence electrons. The van der Waals surface area contributed by atoms with Crippen molar-refractivity contribution in [1.29, 1.82) is 0 Å². The minimum atomic E-state index is -0.971. The number of carbonyl (C=O) groups excluding carboxylic acids is 2. The lowest BCUT2D eigenvalue weighted by atomic mass is 10.2. The first-order valence-corrected chi connectivity index (χ1v) is 7.36. The fraction of sp³-hybridized carbons (Fsp3) is 0.400. The van der Waals surface area contributed by atoms with Crippen LogP contribution < -0.4 is 5.32 Å². The molecule has 1 aliphatic carbocycles. The topological polar surface area (TPSA) is 55.4 Å². The van der Waals surface area contributed by atoms with Crippen LogP contribution in [0.1, 0.15) is 22.5 Å². The second-order valence-electron chi connectivity index (χ2n) is 3.86. The molecule has 0 atom stereocenters. The highest BCUT2D eigenvalue weighted by molar-refractivity contribution is 9.13. The summed E-state index contributed by atoms with van der Waals surface area (Å²) >= 11 is 7.12. The van der Waals surface area contributed by atoms with Gasteiger partial charge in [-0.3, -0.25) is 4.79 Å². The third-order valence-electron chi connectivity index (χ3n) is 2.64.